The van der Waals surface area contributed by atoms with Gasteiger partial charge in [0, 0.05) is 15.7 Å². The van der Waals surface area contributed by atoms with Gasteiger partial charge in [0.15, 0.2) is 0 Å². The number of benzene rings is 2. The van der Waals surface area contributed by atoms with Gasteiger partial charge in [-0.25, -0.2) is 9.78 Å². The number of para-hydroxylation sites is 1. The second-order valence-electron chi connectivity index (χ2n) is 5.91. The molecule has 27 heavy (non-hydrogen) atoms. The zero-order valence-corrected chi connectivity index (χ0v) is 17.6. The Morgan fingerprint density at radius 1 is 1.11 bits per heavy atom. The Hall–Kier alpha value is -1.79. The molecule has 0 atom stereocenters. The van der Waals surface area contributed by atoms with Crippen molar-refractivity contribution in [2.45, 2.75) is 6.92 Å². The molecule has 0 aliphatic carbocycles. The van der Waals surface area contributed by atoms with Crippen molar-refractivity contribution in [3.63, 3.8) is 0 Å². The SMILES string of the molecule is Cc1cc(Cl)cc2c(=O)oc(-c3cc(Br)cn3-c3c(Cl)cccc3Cl)nc12. The highest BCUT2D eigenvalue weighted by molar-refractivity contribution is 9.10. The number of fused-ring (bicyclic) bond motifs is 1. The maximum Gasteiger partial charge on any atom is 0.347 e. The summed E-state index contributed by atoms with van der Waals surface area (Å²) >= 11 is 22.2. The molecule has 0 saturated heterocycles. The number of aryl methyl sites for hydroxylation is 1. The van der Waals surface area contributed by atoms with Gasteiger partial charge in [0.25, 0.3) is 0 Å². The first-order valence-corrected chi connectivity index (χ1v) is 9.71. The molecule has 4 aromatic rings. The van der Waals surface area contributed by atoms with E-state index < -0.39 is 5.63 Å². The van der Waals surface area contributed by atoms with E-state index in [4.69, 9.17) is 39.2 Å². The molecule has 2 heterocycles. The first-order valence-electron chi connectivity index (χ1n) is 7.79. The lowest BCUT2D eigenvalue weighted by Crippen LogP contribution is -2.06. The van der Waals surface area contributed by atoms with E-state index in [-0.39, 0.29) is 5.89 Å². The maximum absolute atomic E-state index is 12.5. The molecule has 0 N–H and O–H groups in total. The van der Waals surface area contributed by atoms with E-state index >= 15 is 0 Å². The van der Waals surface area contributed by atoms with Crippen molar-refractivity contribution in [2.24, 2.45) is 0 Å². The molecule has 0 spiro atoms. The van der Waals surface area contributed by atoms with E-state index in [1.54, 1.807) is 47.2 Å². The molecule has 0 amide bonds. The van der Waals surface area contributed by atoms with Crippen molar-refractivity contribution in [1.82, 2.24) is 9.55 Å². The average Bonchev–Trinajstić information content (AvgIpc) is 2.97. The third-order valence-corrected chi connectivity index (χ3v) is 5.33. The van der Waals surface area contributed by atoms with Gasteiger partial charge >= 0.3 is 5.63 Å². The fourth-order valence-electron chi connectivity index (χ4n) is 2.92. The van der Waals surface area contributed by atoms with Gasteiger partial charge in [0.1, 0.15) is 5.69 Å². The van der Waals surface area contributed by atoms with E-state index in [1.165, 1.54) is 0 Å². The van der Waals surface area contributed by atoms with Crippen LogP contribution in [0, 0.1) is 6.92 Å². The summed E-state index contributed by atoms with van der Waals surface area (Å²) in [5.74, 6) is 0.152. The van der Waals surface area contributed by atoms with Crippen LogP contribution in [0.25, 0.3) is 28.2 Å². The van der Waals surface area contributed by atoms with E-state index in [1.807, 2.05) is 6.92 Å². The Balaban J connectivity index is 2.02. The molecule has 8 heteroatoms. The fraction of sp³-hybridized carbons (Fsp3) is 0.0526. The lowest BCUT2D eigenvalue weighted by Gasteiger charge is -2.12. The van der Waals surface area contributed by atoms with Crippen molar-refractivity contribution >= 4 is 61.6 Å². The first-order chi connectivity index (χ1) is 12.8. The van der Waals surface area contributed by atoms with Gasteiger partial charge in [-0.3, -0.25) is 0 Å². The molecule has 0 saturated carbocycles. The molecule has 0 unspecified atom stereocenters. The van der Waals surface area contributed by atoms with Gasteiger partial charge in [0.2, 0.25) is 5.89 Å². The minimum absolute atomic E-state index is 0.152. The molecule has 2 aromatic carbocycles. The highest BCUT2D eigenvalue weighted by atomic mass is 79.9. The molecule has 0 bridgehead atoms. The van der Waals surface area contributed by atoms with Gasteiger partial charge in [0.05, 0.1) is 26.6 Å². The molecule has 136 valence electrons. The number of halogens is 4. The van der Waals surface area contributed by atoms with Crippen molar-refractivity contribution in [3.05, 3.63) is 78.1 Å². The maximum atomic E-state index is 12.5. The summed E-state index contributed by atoms with van der Waals surface area (Å²) in [5, 5.41) is 1.70. The third-order valence-electron chi connectivity index (χ3n) is 4.07. The van der Waals surface area contributed by atoms with Crippen LogP contribution in [0.3, 0.4) is 0 Å². The summed E-state index contributed by atoms with van der Waals surface area (Å²) in [6.45, 7) is 1.84. The lowest BCUT2D eigenvalue weighted by molar-refractivity contribution is 0.515. The zero-order valence-electron chi connectivity index (χ0n) is 13.8. The van der Waals surface area contributed by atoms with Gasteiger partial charge in [-0.1, -0.05) is 40.9 Å². The second kappa shape index (κ2) is 6.99. The van der Waals surface area contributed by atoms with E-state index in [9.17, 15) is 4.79 Å². The number of aromatic nitrogens is 2. The number of rotatable bonds is 2. The quantitative estimate of drug-likeness (QED) is 0.319. The van der Waals surface area contributed by atoms with E-state index in [0.29, 0.717) is 37.4 Å². The Morgan fingerprint density at radius 2 is 1.81 bits per heavy atom. The standard InChI is InChI=1S/C19H10BrCl3N2O2/c1-9-5-11(21)7-12-16(9)24-18(27-19(12)26)15-6-10(20)8-25(15)17-13(22)3-2-4-14(17)23/h2-8H,1H3. The Morgan fingerprint density at radius 3 is 2.52 bits per heavy atom. The van der Waals surface area contributed by atoms with Gasteiger partial charge in [-0.05, 0) is 58.7 Å². The van der Waals surface area contributed by atoms with Crippen LogP contribution < -0.4 is 5.63 Å². The molecule has 0 fully saturated rings. The van der Waals surface area contributed by atoms with Crippen LogP contribution in [0.15, 0.2) is 56.3 Å². The highest BCUT2D eigenvalue weighted by Gasteiger charge is 2.19. The predicted octanol–water partition coefficient (Wildman–Crippen LogP) is 6.68. The molecule has 0 aliphatic rings. The monoisotopic (exact) mass is 482 g/mol. The van der Waals surface area contributed by atoms with Gasteiger partial charge in [-0.2, -0.15) is 0 Å². The predicted molar refractivity (Wildman–Crippen MR) is 113 cm³/mol. The molecule has 0 aliphatic heterocycles. The molecule has 2 aromatic heterocycles. The second-order valence-corrected chi connectivity index (χ2v) is 8.08. The van der Waals surface area contributed by atoms with Crippen molar-refractivity contribution in [2.75, 3.05) is 0 Å². The third kappa shape index (κ3) is 3.29. The summed E-state index contributed by atoms with van der Waals surface area (Å²) < 4.78 is 7.98. The molecule has 0 radical (unpaired) electrons. The van der Waals surface area contributed by atoms with Crippen LogP contribution in [0.5, 0.6) is 0 Å². The minimum atomic E-state index is -0.519. The topological polar surface area (TPSA) is 48.0 Å². The summed E-state index contributed by atoms with van der Waals surface area (Å²) in [4.78, 5) is 17.1. The number of hydrogen-bond donors (Lipinski definition) is 0. The first kappa shape index (κ1) is 18.6. The van der Waals surface area contributed by atoms with Gasteiger partial charge < -0.3 is 8.98 Å². The summed E-state index contributed by atoms with van der Waals surface area (Å²) in [6, 6.07) is 10.3. The normalized spacial score (nSPS) is 11.3. The fourth-order valence-corrected chi connectivity index (χ4v) is 4.19. The Bertz CT molecular complexity index is 1240. The van der Waals surface area contributed by atoms with Crippen LogP contribution in [0.1, 0.15) is 5.56 Å². The minimum Gasteiger partial charge on any atom is -0.401 e. The molecule has 4 nitrogen and oxygen atoms in total. The Kier molecular flexibility index (Phi) is 4.80. The molecule has 4 rings (SSSR count). The van der Waals surface area contributed by atoms with Crippen molar-refractivity contribution in [1.29, 1.82) is 0 Å². The summed E-state index contributed by atoms with van der Waals surface area (Å²) in [6.07, 6.45) is 1.78. The van der Waals surface area contributed by atoms with E-state index in [2.05, 4.69) is 20.9 Å². The summed E-state index contributed by atoms with van der Waals surface area (Å²) in [5.41, 5.74) is 1.89. The smallest absolute Gasteiger partial charge is 0.347 e. The van der Waals surface area contributed by atoms with Gasteiger partial charge in [-0.15, -0.1) is 0 Å². The van der Waals surface area contributed by atoms with E-state index in [0.717, 1.165) is 10.0 Å². The van der Waals surface area contributed by atoms with Crippen molar-refractivity contribution < 1.29 is 4.42 Å². The highest BCUT2D eigenvalue weighted by Crippen LogP contribution is 2.35. The number of hydrogen-bond acceptors (Lipinski definition) is 3. The van der Waals surface area contributed by atoms with Crippen LogP contribution in [0.4, 0.5) is 0 Å². The number of nitrogens with zero attached hydrogens (tertiary/aromatic N) is 2. The summed E-state index contributed by atoms with van der Waals surface area (Å²) in [7, 11) is 0. The van der Waals surface area contributed by atoms with Crippen LogP contribution in [-0.2, 0) is 0 Å². The molecular formula is C19H10BrCl3N2O2. The molecular weight excluding hydrogens is 474 g/mol. The van der Waals surface area contributed by atoms with Crippen LogP contribution in [0.2, 0.25) is 15.1 Å². The zero-order chi connectivity index (χ0) is 19.3. The van der Waals surface area contributed by atoms with Crippen molar-refractivity contribution in [3.8, 4) is 17.3 Å². The Labute approximate surface area is 177 Å². The largest absolute Gasteiger partial charge is 0.401 e. The van der Waals surface area contributed by atoms with Crippen LogP contribution in [-0.4, -0.2) is 9.55 Å². The van der Waals surface area contributed by atoms with Crippen LogP contribution >= 0.6 is 50.7 Å². The average molecular weight is 485 g/mol. The lowest BCUT2D eigenvalue weighted by atomic mass is 10.1.